The molecule has 2 atom stereocenters. The molecule has 0 saturated heterocycles. The Bertz CT molecular complexity index is 1190. The number of nitrogens with zero attached hydrogens (tertiary/aromatic N) is 2. The van der Waals surface area contributed by atoms with E-state index in [2.05, 4.69) is 26.0 Å². The van der Waals surface area contributed by atoms with Gasteiger partial charge in [-0.1, -0.05) is 32.0 Å². The van der Waals surface area contributed by atoms with Crippen molar-refractivity contribution in [1.29, 1.82) is 0 Å². The number of benzene rings is 2. The van der Waals surface area contributed by atoms with E-state index in [1.54, 1.807) is 54.5 Å². The van der Waals surface area contributed by atoms with E-state index in [9.17, 15) is 9.59 Å². The van der Waals surface area contributed by atoms with Crippen molar-refractivity contribution in [2.75, 3.05) is 33.2 Å². The van der Waals surface area contributed by atoms with Crippen molar-refractivity contribution in [3.8, 4) is 11.5 Å². The van der Waals surface area contributed by atoms with Crippen molar-refractivity contribution in [2.45, 2.75) is 31.7 Å². The molecule has 0 unspecified atom stereocenters. The van der Waals surface area contributed by atoms with Crippen LogP contribution in [0.5, 0.6) is 11.5 Å². The van der Waals surface area contributed by atoms with Crippen LogP contribution in [0, 0.1) is 0 Å². The van der Waals surface area contributed by atoms with E-state index >= 15 is 0 Å². The molecule has 7 heteroatoms. The topological polar surface area (TPSA) is 59.1 Å². The van der Waals surface area contributed by atoms with Gasteiger partial charge in [-0.05, 0) is 52.8 Å². The first-order valence-electron chi connectivity index (χ1n) is 11.2. The molecule has 0 saturated carbocycles. The molecule has 3 aromatic rings. The van der Waals surface area contributed by atoms with Crippen molar-refractivity contribution in [1.82, 2.24) is 4.90 Å². The van der Waals surface area contributed by atoms with Gasteiger partial charge < -0.3 is 19.3 Å². The number of amides is 2. The zero-order valence-electron chi connectivity index (χ0n) is 20.4. The molecule has 0 radical (unpaired) electrons. The molecule has 34 heavy (non-hydrogen) atoms. The molecule has 2 aromatic carbocycles. The molecule has 0 bridgehead atoms. The molecule has 0 fully saturated rings. The van der Waals surface area contributed by atoms with Crippen LogP contribution in [-0.4, -0.2) is 45.0 Å². The summed E-state index contributed by atoms with van der Waals surface area (Å²) in [6, 6.07) is 15.0. The standard InChI is InChI=1S/C27H30N2O4S/c1-16(2)17-9-11-18(12-10-17)28(3)27(31)24-19-14-21(32-5)22(33-6)15-20(19)26(30)29(4)25(24)23-8-7-13-34-23/h7-16,24-25H,1-6H3/t24-,25-/m1/s1. The maximum atomic E-state index is 14.1. The Balaban J connectivity index is 1.85. The molecule has 1 aliphatic rings. The molecule has 0 aliphatic carbocycles. The van der Waals surface area contributed by atoms with Crippen LogP contribution >= 0.6 is 11.3 Å². The largest absolute Gasteiger partial charge is 0.493 e. The van der Waals surface area contributed by atoms with Gasteiger partial charge in [-0.15, -0.1) is 11.3 Å². The fraction of sp³-hybridized carbons (Fsp3) is 0.333. The summed E-state index contributed by atoms with van der Waals surface area (Å²) in [6.07, 6.45) is 0. The second-order valence-electron chi connectivity index (χ2n) is 8.79. The van der Waals surface area contributed by atoms with E-state index < -0.39 is 12.0 Å². The Labute approximate surface area is 204 Å². The van der Waals surface area contributed by atoms with E-state index in [4.69, 9.17) is 9.47 Å². The number of fused-ring (bicyclic) bond motifs is 1. The molecule has 1 aromatic heterocycles. The number of carbonyl (C=O) groups is 2. The van der Waals surface area contributed by atoms with Gasteiger partial charge in [0.2, 0.25) is 5.91 Å². The summed E-state index contributed by atoms with van der Waals surface area (Å²) in [6.45, 7) is 4.28. The Morgan fingerprint density at radius 2 is 1.71 bits per heavy atom. The van der Waals surface area contributed by atoms with Crippen molar-refractivity contribution in [3.63, 3.8) is 0 Å². The summed E-state index contributed by atoms with van der Waals surface area (Å²) in [5, 5.41) is 1.97. The summed E-state index contributed by atoms with van der Waals surface area (Å²) in [5.74, 6) is 0.508. The molecule has 2 heterocycles. The van der Waals surface area contributed by atoms with Gasteiger partial charge in [0.15, 0.2) is 11.5 Å². The Morgan fingerprint density at radius 1 is 1.06 bits per heavy atom. The maximum Gasteiger partial charge on any atom is 0.254 e. The van der Waals surface area contributed by atoms with Crippen LogP contribution in [0.3, 0.4) is 0 Å². The highest BCUT2D eigenvalue weighted by molar-refractivity contribution is 7.10. The van der Waals surface area contributed by atoms with E-state index in [-0.39, 0.29) is 11.8 Å². The van der Waals surface area contributed by atoms with Crippen molar-refractivity contribution < 1.29 is 19.1 Å². The van der Waals surface area contributed by atoms with Gasteiger partial charge in [0, 0.05) is 30.2 Å². The maximum absolute atomic E-state index is 14.1. The van der Waals surface area contributed by atoms with E-state index in [0.29, 0.717) is 28.5 Å². The van der Waals surface area contributed by atoms with Crippen LogP contribution in [-0.2, 0) is 4.79 Å². The third-order valence-corrected chi connectivity index (χ3v) is 7.50. The van der Waals surface area contributed by atoms with Crippen LogP contribution in [0.2, 0.25) is 0 Å². The third-order valence-electron chi connectivity index (χ3n) is 6.55. The Kier molecular flexibility index (Phi) is 6.66. The number of methoxy groups -OCH3 is 2. The molecular weight excluding hydrogens is 448 g/mol. The van der Waals surface area contributed by atoms with Crippen LogP contribution in [0.1, 0.15) is 58.1 Å². The number of carbonyl (C=O) groups excluding carboxylic acids is 2. The van der Waals surface area contributed by atoms with Crippen LogP contribution < -0.4 is 14.4 Å². The monoisotopic (exact) mass is 478 g/mol. The minimum absolute atomic E-state index is 0.0940. The van der Waals surface area contributed by atoms with Gasteiger partial charge in [-0.2, -0.15) is 0 Å². The van der Waals surface area contributed by atoms with Crippen molar-refractivity contribution >= 4 is 28.8 Å². The van der Waals surface area contributed by atoms with Crippen LogP contribution in [0.15, 0.2) is 53.9 Å². The quantitative estimate of drug-likeness (QED) is 0.472. The predicted octanol–water partition coefficient (Wildman–Crippen LogP) is 5.46. The van der Waals surface area contributed by atoms with Crippen molar-refractivity contribution in [2.24, 2.45) is 0 Å². The Morgan fingerprint density at radius 3 is 2.26 bits per heavy atom. The molecule has 2 amide bonds. The first-order valence-corrected chi connectivity index (χ1v) is 12.1. The second-order valence-corrected chi connectivity index (χ2v) is 9.77. The predicted molar refractivity (Wildman–Crippen MR) is 135 cm³/mol. The lowest BCUT2D eigenvalue weighted by atomic mass is 9.81. The fourth-order valence-corrected chi connectivity index (χ4v) is 5.45. The van der Waals surface area contributed by atoms with E-state index in [1.165, 1.54) is 12.7 Å². The number of hydrogen-bond donors (Lipinski definition) is 0. The van der Waals surface area contributed by atoms with Gasteiger partial charge in [-0.3, -0.25) is 9.59 Å². The molecule has 4 rings (SSSR count). The number of anilines is 1. The number of likely N-dealkylation sites (N-methyl/N-ethyl adjacent to an activating group) is 2. The average molecular weight is 479 g/mol. The summed E-state index contributed by atoms with van der Waals surface area (Å²) in [7, 11) is 6.63. The van der Waals surface area contributed by atoms with Crippen molar-refractivity contribution in [3.05, 3.63) is 75.5 Å². The number of hydrogen-bond acceptors (Lipinski definition) is 5. The van der Waals surface area contributed by atoms with Crippen LogP contribution in [0.25, 0.3) is 0 Å². The summed E-state index contributed by atoms with van der Waals surface area (Å²) in [5.41, 5.74) is 3.12. The molecule has 0 N–H and O–H groups in total. The lowest BCUT2D eigenvalue weighted by Gasteiger charge is -2.40. The normalized spacial score (nSPS) is 17.5. The minimum Gasteiger partial charge on any atom is -0.493 e. The highest BCUT2D eigenvalue weighted by Crippen LogP contribution is 2.47. The zero-order chi connectivity index (χ0) is 24.6. The van der Waals surface area contributed by atoms with Crippen LogP contribution in [0.4, 0.5) is 5.69 Å². The van der Waals surface area contributed by atoms with Gasteiger partial charge in [0.1, 0.15) is 0 Å². The number of thiophene rings is 1. The summed E-state index contributed by atoms with van der Waals surface area (Å²) < 4.78 is 11.0. The van der Waals surface area contributed by atoms with E-state index in [0.717, 1.165) is 10.6 Å². The lowest BCUT2D eigenvalue weighted by molar-refractivity contribution is -0.121. The summed E-state index contributed by atoms with van der Waals surface area (Å²) >= 11 is 1.54. The first-order chi connectivity index (χ1) is 16.3. The molecule has 6 nitrogen and oxygen atoms in total. The molecular formula is C27H30N2O4S. The fourth-order valence-electron chi connectivity index (χ4n) is 4.55. The highest BCUT2D eigenvalue weighted by Gasteiger charge is 2.45. The SMILES string of the molecule is COc1cc2c(cc1OC)[C@@H](C(=O)N(C)c1ccc(C(C)C)cc1)[C@@H](c1cccs1)N(C)C2=O. The highest BCUT2D eigenvalue weighted by atomic mass is 32.1. The van der Waals surface area contributed by atoms with Gasteiger partial charge in [0.25, 0.3) is 5.91 Å². The smallest absolute Gasteiger partial charge is 0.254 e. The van der Waals surface area contributed by atoms with E-state index in [1.807, 2.05) is 29.6 Å². The first kappa shape index (κ1) is 23.8. The number of rotatable bonds is 6. The zero-order valence-corrected chi connectivity index (χ0v) is 21.2. The Hall–Kier alpha value is -3.32. The van der Waals surface area contributed by atoms with Gasteiger partial charge >= 0.3 is 0 Å². The lowest BCUT2D eigenvalue weighted by Crippen LogP contribution is -2.46. The average Bonchev–Trinajstić information content (AvgIpc) is 3.38. The van der Waals surface area contributed by atoms with Gasteiger partial charge in [-0.25, -0.2) is 0 Å². The minimum atomic E-state index is -0.606. The summed E-state index contributed by atoms with van der Waals surface area (Å²) in [4.78, 5) is 31.8. The second kappa shape index (κ2) is 9.50. The van der Waals surface area contributed by atoms with Gasteiger partial charge in [0.05, 0.1) is 26.2 Å². The number of ether oxygens (including phenoxy) is 2. The molecule has 0 spiro atoms. The molecule has 1 aliphatic heterocycles. The third kappa shape index (κ3) is 4.05. The molecule has 178 valence electrons.